The van der Waals surface area contributed by atoms with E-state index >= 15 is 0 Å². The van der Waals surface area contributed by atoms with Crippen LogP contribution in [0, 0.1) is 11.6 Å². The standard InChI is InChI=1S/C13H12F2N2O2S/c14-11-2-1-3-12(15)13(11)17-20(18,19)10-6-4-9(8-16)5-7-10/h1-7,17H,8,16H2. The van der Waals surface area contributed by atoms with Gasteiger partial charge in [0.2, 0.25) is 0 Å². The fraction of sp³-hybridized carbons (Fsp3) is 0.0769. The predicted molar refractivity (Wildman–Crippen MR) is 71.5 cm³/mol. The topological polar surface area (TPSA) is 72.2 Å². The summed E-state index contributed by atoms with van der Waals surface area (Å²) in [7, 11) is -4.05. The summed E-state index contributed by atoms with van der Waals surface area (Å²) >= 11 is 0. The molecule has 0 fully saturated rings. The Bertz CT molecular complexity index is 695. The summed E-state index contributed by atoms with van der Waals surface area (Å²) in [6.07, 6.45) is 0. The highest BCUT2D eigenvalue weighted by Gasteiger charge is 2.18. The largest absolute Gasteiger partial charge is 0.326 e. The Morgan fingerprint density at radius 2 is 1.55 bits per heavy atom. The number of hydrogen-bond acceptors (Lipinski definition) is 3. The van der Waals surface area contributed by atoms with E-state index in [0.717, 1.165) is 23.8 Å². The molecule has 0 aromatic heterocycles. The summed E-state index contributed by atoms with van der Waals surface area (Å²) in [6.45, 7) is 0.274. The highest BCUT2D eigenvalue weighted by atomic mass is 32.2. The van der Waals surface area contributed by atoms with Crippen LogP contribution in [0.4, 0.5) is 14.5 Å². The van der Waals surface area contributed by atoms with E-state index < -0.39 is 27.3 Å². The van der Waals surface area contributed by atoms with Crippen LogP contribution in [-0.2, 0) is 16.6 Å². The molecule has 2 aromatic carbocycles. The molecule has 0 aliphatic heterocycles. The number of rotatable bonds is 4. The summed E-state index contributed by atoms with van der Waals surface area (Å²) in [4.78, 5) is -0.0997. The Balaban J connectivity index is 2.35. The van der Waals surface area contributed by atoms with Gasteiger partial charge in [-0.25, -0.2) is 17.2 Å². The number of nitrogens with one attached hydrogen (secondary N) is 1. The van der Waals surface area contributed by atoms with Crippen LogP contribution in [0.1, 0.15) is 5.56 Å². The number of nitrogens with two attached hydrogens (primary N) is 1. The summed E-state index contributed by atoms with van der Waals surface area (Å²) in [5.41, 5.74) is 5.46. The first kappa shape index (κ1) is 14.4. The van der Waals surface area contributed by atoms with E-state index in [1.807, 2.05) is 4.72 Å². The molecular formula is C13H12F2N2O2S. The highest BCUT2D eigenvalue weighted by Crippen LogP contribution is 2.22. The molecule has 2 aromatic rings. The molecule has 20 heavy (non-hydrogen) atoms. The number of benzene rings is 2. The van der Waals surface area contributed by atoms with Crippen LogP contribution < -0.4 is 10.5 Å². The lowest BCUT2D eigenvalue weighted by atomic mass is 10.2. The maximum Gasteiger partial charge on any atom is 0.262 e. The van der Waals surface area contributed by atoms with Gasteiger partial charge in [-0.15, -0.1) is 0 Å². The number of sulfonamides is 1. The minimum absolute atomic E-state index is 0.0997. The van der Waals surface area contributed by atoms with Gasteiger partial charge < -0.3 is 5.73 Å². The fourth-order valence-corrected chi connectivity index (χ4v) is 2.67. The molecule has 0 unspecified atom stereocenters. The second-order valence-electron chi connectivity index (χ2n) is 4.05. The lowest BCUT2D eigenvalue weighted by Gasteiger charge is -2.10. The maximum atomic E-state index is 13.4. The molecule has 0 aliphatic carbocycles. The van der Waals surface area contributed by atoms with Crippen molar-refractivity contribution in [1.82, 2.24) is 0 Å². The molecule has 0 atom stereocenters. The van der Waals surface area contributed by atoms with Gasteiger partial charge >= 0.3 is 0 Å². The zero-order valence-corrected chi connectivity index (χ0v) is 11.1. The monoisotopic (exact) mass is 298 g/mol. The molecule has 4 nitrogen and oxygen atoms in total. The van der Waals surface area contributed by atoms with E-state index in [2.05, 4.69) is 0 Å². The van der Waals surface area contributed by atoms with Crippen molar-refractivity contribution in [2.75, 3.05) is 4.72 Å². The highest BCUT2D eigenvalue weighted by molar-refractivity contribution is 7.92. The van der Waals surface area contributed by atoms with Crippen LogP contribution in [0.25, 0.3) is 0 Å². The molecular weight excluding hydrogens is 286 g/mol. The third-order valence-electron chi connectivity index (χ3n) is 2.67. The van der Waals surface area contributed by atoms with Crippen molar-refractivity contribution < 1.29 is 17.2 Å². The van der Waals surface area contributed by atoms with Crippen molar-refractivity contribution in [2.45, 2.75) is 11.4 Å². The van der Waals surface area contributed by atoms with Crippen LogP contribution in [0.5, 0.6) is 0 Å². The number of anilines is 1. The molecule has 7 heteroatoms. The lowest BCUT2D eigenvalue weighted by molar-refractivity contribution is 0.583. The molecule has 0 heterocycles. The average molecular weight is 298 g/mol. The van der Waals surface area contributed by atoms with E-state index in [1.54, 1.807) is 0 Å². The van der Waals surface area contributed by atoms with Crippen LogP contribution in [0.3, 0.4) is 0 Å². The molecule has 0 amide bonds. The van der Waals surface area contributed by atoms with E-state index in [0.29, 0.717) is 0 Å². The third-order valence-corrected chi connectivity index (χ3v) is 4.03. The summed E-state index contributed by atoms with van der Waals surface area (Å²) < 4.78 is 52.8. The number of halogens is 2. The Morgan fingerprint density at radius 3 is 2.05 bits per heavy atom. The Labute approximate surface area is 115 Å². The zero-order chi connectivity index (χ0) is 14.8. The van der Waals surface area contributed by atoms with Crippen molar-refractivity contribution in [3.8, 4) is 0 Å². The lowest BCUT2D eigenvalue weighted by Crippen LogP contribution is -2.15. The van der Waals surface area contributed by atoms with E-state index in [4.69, 9.17) is 5.73 Å². The zero-order valence-electron chi connectivity index (χ0n) is 10.3. The molecule has 0 saturated heterocycles. The summed E-state index contributed by atoms with van der Waals surface area (Å²) in [5, 5.41) is 0. The van der Waals surface area contributed by atoms with E-state index in [1.165, 1.54) is 24.3 Å². The van der Waals surface area contributed by atoms with Gasteiger partial charge in [-0.1, -0.05) is 18.2 Å². The molecule has 2 rings (SSSR count). The first-order valence-corrected chi connectivity index (χ1v) is 7.18. The molecule has 3 N–H and O–H groups in total. The van der Waals surface area contributed by atoms with Crippen molar-refractivity contribution >= 4 is 15.7 Å². The first-order chi connectivity index (χ1) is 9.44. The third kappa shape index (κ3) is 2.94. The smallest absolute Gasteiger partial charge is 0.262 e. The molecule has 0 radical (unpaired) electrons. The Kier molecular flexibility index (Phi) is 4.01. The predicted octanol–water partition coefficient (Wildman–Crippen LogP) is 2.22. The van der Waals surface area contributed by atoms with Gasteiger partial charge in [0.1, 0.15) is 17.3 Å². The van der Waals surface area contributed by atoms with Gasteiger partial charge in [0, 0.05) is 6.54 Å². The second-order valence-corrected chi connectivity index (χ2v) is 5.73. The van der Waals surface area contributed by atoms with Gasteiger partial charge in [-0.2, -0.15) is 0 Å². The SMILES string of the molecule is NCc1ccc(S(=O)(=O)Nc2c(F)cccc2F)cc1. The van der Waals surface area contributed by atoms with E-state index in [9.17, 15) is 17.2 Å². The van der Waals surface area contributed by atoms with Crippen LogP contribution in [-0.4, -0.2) is 8.42 Å². The van der Waals surface area contributed by atoms with Gasteiger partial charge in [-0.3, -0.25) is 4.72 Å². The molecule has 0 aliphatic rings. The van der Waals surface area contributed by atoms with Gasteiger partial charge in [0.15, 0.2) is 0 Å². The average Bonchev–Trinajstić information content (AvgIpc) is 2.43. The minimum atomic E-state index is -4.05. The first-order valence-electron chi connectivity index (χ1n) is 5.70. The van der Waals surface area contributed by atoms with E-state index in [-0.39, 0.29) is 11.4 Å². The van der Waals surface area contributed by atoms with Crippen molar-refractivity contribution in [3.05, 3.63) is 59.7 Å². The Morgan fingerprint density at radius 1 is 1.00 bits per heavy atom. The van der Waals surface area contributed by atoms with Crippen LogP contribution >= 0.6 is 0 Å². The van der Waals surface area contributed by atoms with Crippen molar-refractivity contribution in [1.29, 1.82) is 0 Å². The van der Waals surface area contributed by atoms with Gasteiger partial charge in [0.05, 0.1) is 4.90 Å². The van der Waals surface area contributed by atoms with Crippen molar-refractivity contribution in [2.24, 2.45) is 5.73 Å². The maximum absolute atomic E-state index is 13.4. The molecule has 106 valence electrons. The molecule has 0 spiro atoms. The normalized spacial score (nSPS) is 11.3. The second kappa shape index (κ2) is 5.56. The van der Waals surface area contributed by atoms with Crippen molar-refractivity contribution in [3.63, 3.8) is 0 Å². The van der Waals surface area contributed by atoms with Crippen LogP contribution in [0.15, 0.2) is 47.4 Å². The summed E-state index contributed by atoms with van der Waals surface area (Å²) in [5.74, 6) is -1.96. The number of para-hydroxylation sites is 1. The van der Waals surface area contributed by atoms with Gasteiger partial charge in [0.25, 0.3) is 10.0 Å². The number of hydrogen-bond donors (Lipinski definition) is 2. The Hall–Kier alpha value is -1.99. The minimum Gasteiger partial charge on any atom is -0.326 e. The summed E-state index contributed by atoms with van der Waals surface area (Å²) in [6, 6.07) is 8.81. The fourth-order valence-electron chi connectivity index (χ4n) is 1.59. The van der Waals surface area contributed by atoms with Crippen LogP contribution in [0.2, 0.25) is 0 Å². The van der Waals surface area contributed by atoms with Gasteiger partial charge in [-0.05, 0) is 29.8 Å². The quantitative estimate of drug-likeness (QED) is 0.909. The molecule has 0 bridgehead atoms. The molecule has 0 saturated carbocycles.